The number of ether oxygens (including phenoxy) is 1. The van der Waals surface area contributed by atoms with Gasteiger partial charge in [-0.3, -0.25) is 4.79 Å². The molecule has 0 radical (unpaired) electrons. The van der Waals surface area contributed by atoms with Gasteiger partial charge < -0.3 is 15.0 Å². The molecule has 8 nitrogen and oxygen atoms in total. The Balaban J connectivity index is 2.02. The number of amides is 1. The average Bonchev–Trinajstić information content (AvgIpc) is 3.20. The van der Waals surface area contributed by atoms with Gasteiger partial charge in [0.2, 0.25) is 5.91 Å². The Morgan fingerprint density at radius 2 is 2.15 bits per heavy atom. The van der Waals surface area contributed by atoms with Gasteiger partial charge in [0, 0.05) is 31.8 Å². The van der Waals surface area contributed by atoms with Crippen molar-refractivity contribution in [1.82, 2.24) is 19.7 Å². The molecule has 1 saturated heterocycles. The van der Waals surface area contributed by atoms with Crippen LogP contribution >= 0.6 is 0 Å². The van der Waals surface area contributed by atoms with Gasteiger partial charge in [-0.2, -0.15) is 15.1 Å². The smallest absolute Gasteiger partial charge is 0.254 e. The maximum atomic E-state index is 11.9. The lowest BCUT2D eigenvalue weighted by Crippen LogP contribution is -2.34. The van der Waals surface area contributed by atoms with Gasteiger partial charge in [0.15, 0.2) is 0 Å². The minimum Gasteiger partial charge on any atom is -0.383 e. The molecule has 0 saturated carbocycles. The highest BCUT2D eigenvalue weighted by Gasteiger charge is 2.27. The summed E-state index contributed by atoms with van der Waals surface area (Å²) in [6.45, 7) is 7.26. The molecular formula is C18H26N6O2. The molecule has 1 N–H and O–H groups in total. The van der Waals surface area contributed by atoms with E-state index < -0.39 is 0 Å². The minimum absolute atomic E-state index is 0.0798. The summed E-state index contributed by atoms with van der Waals surface area (Å²) in [5.74, 6) is 1.66. The first kappa shape index (κ1) is 18.3. The van der Waals surface area contributed by atoms with Crippen LogP contribution in [0.4, 0.5) is 11.6 Å². The highest BCUT2D eigenvalue weighted by atomic mass is 16.5. The molecule has 140 valence electrons. The molecule has 3 heterocycles. The molecule has 0 spiro atoms. The van der Waals surface area contributed by atoms with E-state index in [-0.39, 0.29) is 11.9 Å². The summed E-state index contributed by atoms with van der Waals surface area (Å²) in [4.78, 5) is 23.3. The minimum atomic E-state index is -0.0798. The van der Waals surface area contributed by atoms with Crippen LogP contribution in [0, 0.1) is 13.8 Å². The standard InChI is InChI=1S/C18H26N6O2/c1-5-17(25)19-15-10-16(23-8-6-7-14(23)11-26-4)21-18(20-15)24-13(3)9-12(2)22-24/h9-10,14H,5-8,11H2,1-4H3,(H,19,20,21,25)/t14-/m1/s1. The third-order valence-corrected chi connectivity index (χ3v) is 4.52. The zero-order valence-electron chi connectivity index (χ0n) is 15.8. The molecule has 1 amide bonds. The highest BCUT2D eigenvalue weighted by molar-refractivity contribution is 5.89. The van der Waals surface area contributed by atoms with Crippen molar-refractivity contribution in [3.63, 3.8) is 0 Å². The van der Waals surface area contributed by atoms with Crippen molar-refractivity contribution >= 4 is 17.5 Å². The zero-order valence-corrected chi connectivity index (χ0v) is 15.8. The summed E-state index contributed by atoms with van der Waals surface area (Å²) >= 11 is 0. The van der Waals surface area contributed by atoms with Gasteiger partial charge in [-0.05, 0) is 32.8 Å². The summed E-state index contributed by atoms with van der Waals surface area (Å²) in [5.41, 5.74) is 1.84. The number of aryl methyl sites for hydroxylation is 2. The van der Waals surface area contributed by atoms with E-state index in [9.17, 15) is 4.79 Å². The van der Waals surface area contributed by atoms with Crippen LogP contribution < -0.4 is 10.2 Å². The molecule has 8 heteroatoms. The number of hydrogen-bond donors (Lipinski definition) is 1. The first-order valence-corrected chi connectivity index (χ1v) is 9.00. The Hall–Kier alpha value is -2.48. The van der Waals surface area contributed by atoms with E-state index in [0.717, 1.165) is 36.6 Å². The number of rotatable bonds is 6. The van der Waals surface area contributed by atoms with Crippen molar-refractivity contribution < 1.29 is 9.53 Å². The monoisotopic (exact) mass is 358 g/mol. The van der Waals surface area contributed by atoms with Crippen LogP contribution in [0.15, 0.2) is 12.1 Å². The summed E-state index contributed by atoms with van der Waals surface area (Å²) < 4.78 is 7.06. The molecule has 3 rings (SSSR count). The Morgan fingerprint density at radius 3 is 2.81 bits per heavy atom. The number of anilines is 2. The highest BCUT2D eigenvalue weighted by Crippen LogP contribution is 2.27. The van der Waals surface area contributed by atoms with Gasteiger partial charge in [0.1, 0.15) is 11.6 Å². The predicted octanol–water partition coefficient (Wildman–Crippen LogP) is 2.24. The molecule has 1 aliphatic rings. The zero-order chi connectivity index (χ0) is 18.7. The molecule has 1 aliphatic heterocycles. The number of hydrogen-bond acceptors (Lipinski definition) is 6. The third kappa shape index (κ3) is 3.85. The third-order valence-electron chi connectivity index (χ3n) is 4.52. The molecule has 26 heavy (non-hydrogen) atoms. The van der Waals surface area contributed by atoms with Crippen LogP contribution in [-0.4, -0.2) is 52.0 Å². The maximum absolute atomic E-state index is 11.9. The number of methoxy groups -OCH3 is 1. The molecule has 0 aromatic carbocycles. The van der Waals surface area contributed by atoms with Crippen LogP contribution in [0.5, 0.6) is 0 Å². The lowest BCUT2D eigenvalue weighted by atomic mass is 10.2. The number of nitrogens with one attached hydrogen (secondary N) is 1. The van der Waals surface area contributed by atoms with Crippen LogP contribution in [-0.2, 0) is 9.53 Å². The molecule has 2 aromatic heterocycles. The van der Waals surface area contributed by atoms with E-state index in [0.29, 0.717) is 24.8 Å². The van der Waals surface area contributed by atoms with Crippen LogP contribution in [0.2, 0.25) is 0 Å². The van der Waals surface area contributed by atoms with Gasteiger partial charge in [-0.1, -0.05) is 6.92 Å². The molecule has 1 atom stereocenters. The van der Waals surface area contributed by atoms with Gasteiger partial charge >= 0.3 is 0 Å². The first-order valence-electron chi connectivity index (χ1n) is 9.00. The second-order valence-electron chi connectivity index (χ2n) is 6.60. The number of carbonyl (C=O) groups is 1. The van der Waals surface area contributed by atoms with Crippen LogP contribution in [0.25, 0.3) is 5.95 Å². The van der Waals surface area contributed by atoms with Gasteiger partial charge in [-0.25, -0.2) is 4.68 Å². The van der Waals surface area contributed by atoms with Crippen molar-refractivity contribution in [1.29, 1.82) is 0 Å². The molecule has 0 aliphatic carbocycles. The molecule has 2 aromatic rings. The summed E-state index contributed by atoms with van der Waals surface area (Å²) in [5, 5.41) is 7.33. The SMILES string of the molecule is CCC(=O)Nc1cc(N2CCC[C@@H]2COC)nc(-n2nc(C)cc2C)n1. The lowest BCUT2D eigenvalue weighted by Gasteiger charge is -2.25. The number of nitrogens with zero attached hydrogens (tertiary/aromatic N) is 5. The largest absolute Gasteiger partial charge is 0.383 e. The molecule has 0 bridgehead atoms. The molecule has 1 fully saturated rings. The lowest BCUT2D eigenvalue weighted by molar-refractivity contribution is -0.115. The maximum Gasteiger partial charge on any atom is 0.254 e. The average molecular weight is 358 g/mol. The Labute approximate surface area is 153 Å². The van der Waals surface area contributed by atoms with E-state index >= 15 is 0 Å². The van der Waals surface area contributed by atoms with Gasteiger partial charge in [0.25, 0.3) is 5.95 Å². The van der Waals surface area contributed by atoms with E-state index in [4.69, 9.17) is 9.72 Å². The fourth-order valence-electron chi connectivity index (χ4n) is 3.29. The Bertz CT molecular complexity index is 788. The fraction of sp³-hybridized carbons (Fsp3) is 0.556. The van der Waals surface area contributed by atoms with Crippen LogP contribution in [0.1, 0.15) is 37.6 Å². The number of carbonyl (C=O) groups excluding carboxylic acids is 1. The normalized spacial score (nSPS) is 16.9. The number of aromatic nitrogens is 4. The van der Waals surface area contributed by atoms with E-state index in [1.54, 1.807) is 11.8 Å². The van der Waals surface area contributed by atoms with Crippen molar-refractivity contribution in [2.24, 2.45) is 0 Å². The Morgan fingerprint density at radius 1 is 1.35 bits per heavy atom. The second-order valence-corrected chi connectivity index (χ2v) is 6.60. The summed E-state index contributed by atoms with van der Waals surface area (Å²) in [7, 11) is 1.71. The van der Waals surface area contributed by atoms with Gasteiger partial charge in [0.05, 0.1) is 18.3 Å². The predicted molar refractivity (Wildman–Crippen MR) is 99.8 cm³/mol. The Kier molecular flexibility index (Phi) is 5.51. The van der Waals surface area contributed by atoms with Crippen molar-refractivity contribution in [3.8, 4) is 5.95 Å². The van der Waals surface area contributed by atoms with Gasteiger partial charge in [-0.15, -0.1) is 0 Å². The topological polar surface area (TPSA) is 85.2 Å². The second kappa shape index (κ2) is 7.82. The van der Waals surface area contributed by atoms with Crippen molar-refractivity contribution in [2.75, 3.05) is 30.5 Å². The van der Waals surface area contributed by atoms with E-state index in [1.807, 2.05) is 32.9 Å². The van der Waals surface area contributed by atoms with Crippen LogP contribution in [0.3, 0.4) is 0 Å². The van der Waals surface area contributed by atoms with E-state index in [2.05, 4.69) is 20.3 Å². The summed E-state index contributed by atoms with van der Waals surface area (Å²) in [6, 6.07) is 4.08. The summed E-state index contributed by atoms with van der Waals surface area (Å²) in [6.07, 6.45) is 2.54. The first-order chi connectivity index (χ1) is 12.5. The molecule has 0 unspecified atom stereocenters. The van der Waals surface area contributed by atoms with Crippen molar-refractivity contribution in [3.05, 3.63) is 23.5 Å². The van der Waals surface area contributed by atoms with Crippen molar-refractivity contribution in [2.45, 2.75) is 46.1 Å². The quantitative estimate of drug-likeness (QED) is 0.852. The molecular weight excluding hydrogens is 332 g/mol. The fourth-order valence-corrected chi connectivity index (χ4v) is 3.29. The van der Waals surface area contributed by atoms with E-state index in [1.165, 1.54) is 0 Å².